The normalized spacial score (nSPS) is 13.4. The van der Waals surface area contributed by atoms with Crippen LogP contribution in [0.15, 0.2) is 0 Å². The third-order valence-electron chi connectivity index (χ3n) is 1.12. The van der Waals surface area contributed by atoms with E-state index in [0.717, 1.165) is 0 Å². The number of carboxylic acids is 1. The second-order valence-corrected chi connectivity index (χ2v) is 1.99. The summed E-state index contributed by atoms with van der Waals surface area (Å²) in [6, 6.07) is 0. The van der Waals surface area contributed by atoms with Crippen LogP contribution < -0.4 is 56.5 Å². The molecule has 0 spiro atoms. The van der Waals surface area contributed by atoms with Crippen molar-refractivity contribution in [3.63, 3.8) is 0 Å². The van der Waals surface area contributed by atoms with E-state index < -0.39 is 23.9 Å². The van der Waals surface area contributed by atoms with Crippen LogP contribution in [0.3, 0.4) is 0 Å². The molecule has 10 heteroatoms. The molecule has 0 aliphatic rings. The van der Waals surface area contributed by atoms with Gasteiger partial charge in [0, 0.05) is 0 Å². The number of aliphatic carboxylic acids is 1. The molecule has 0 aromatic carbocycles. The summed E-state index contributed by atoms with van der Waals surface area (Å²) in [6.07, 6.45) is -12.7. The minimum Gasteiger partial charge on any atom is -0.546 e. The first-order valence-electron chi connectivity index (χ1n) is 2.52. The average Bonchev–Trinajstić information content (AvgIpc) is 1.80. The molecule has 78 valence electrons. The Balaban J connectivity index is 0. The van der Waals surface area contributed by atoms with Crippen LogP contribution in [0.4, 0.5) is 26.3 Å². The van der Waals surface area contributed by atoms with Crippen molar-refractivity contribution in [1.29, 1.82) is 0 Å². The molecule has 14 heavy (non-hydrogen) atoms. The molecular formula is C4HF6KO3. The van der Waals surface area contributed by atoms with Crippen molar-refractivity contribution < 1.29 is 92.7 Å². The molecule has 0 unspecified atom stereocenters. The summed E-state index contributed by atoms with van der Waals surface area (Å²) in [4.78, 5) is 9.51. The van der Waals surface area contributed by atoms with Gasteiger partial charge in [0.1, 0.15) is 0 Å². The average molecular weight is 250 g/mol. The molecule has 0 atom stereocenters. The topological polar surface area (TPSA) is 60.4 Å². The Morgan fingerprint density at radius 3 is 1.21 bits per heavy atom. The van der Waals surface area contributed by atoms with Gasteiger partial charge in [-0.3, -0.25) is 0 Å². The van der Waals surface area contributed by atoms with E-state index >= 15 is 0 Å². The Morgan fingerprint density at radius 1 is 1.00 bits per heavy atom. The number of carboxylic acid groups (broad SMARTS) is 1. The Labute approximate surface area is 115 Å². The Kier molecular flexibility index (Phi) is 5.67. The van der Waals surface area contributed by atoms with E-state index in [-0.39, 0.29) is 51.4 Å². The zero-order valence-electron chi connectivity index (χ0n) is 6.53. The van der Waals surface area contributed by atoms with E-state index in [0.29, 0.717) is 0 Å². The van der Waals surface area contributed by atoms with E-state index in [2.05, 4.69) is 0 Å². The molecule has 0 saturated carbocycles. The van der Waals surface area contributed by atoms with Gasteiger partial charge in [0.15, 0.2) is 0 Å². The van der Waals surface area contributed by atoms with Crippen molar-refractivity contribution in [1.82, 2.24) is 0 Å². The van der Waals surface area contributed by atoms with Gasteiger partial charge in [0.05, 0.1) is 5.97 Å². The molecule has 0 aromatic rings. The summed E-state index contributed by atoms with van der Waals surface area (Å²) in [5.74, 6) is -3.66. The number of halogens is 6. The van der Waals surface area contributed by atoms with Crippen molar-refractivity contribution in [3.8, 4) is 0 Å². The van der Waals surface area contributed by atoms with Gasteiger partial charge in [-0.25, -0.2) is 0 Å². The summed E-state index contributed by atoms with van der Waals surface area (Å²) in [5.41, 5.74) is -5.82. The van der Waals surface area contributed by atoms with Crippen molar-refractivity contribution in [2.24, 2.45) is 0 Å². The predicted molar refractivity (Wildman–Crippen MR) is 22.1 cm³/mol. The summed E-state index contributed by atoms with van der Waals surface area (Å²) in [5, 5.41) is 17.4. The standard InChI is InChI=1S/C4H2F6O3.K/c5-3(6,7)2(13,1(11)12)4(8,9)10;/h13H,(H,11,12);/q;+1/p-1. The second-order valence-electron chi connectivity index (χ2n) is 1.99. The quantitative estimate of drug-likeness (QED) is 0.390. The molecule has 0 aliphatic heterocycles. The van der Waals surface area contributed by atoms with Gasteiger partial charge in [0.2, 0.25) is 0 Å². The molecule has 0 aromatic heterocycles. The van der Waals surface area contributed by atoms with Crippen molar-refractivity contribution in [2.75, 3.05) is 0 Å². The molecule has 1 N–H and O–H groups in total. The summed E-state index contributed by atoms with van der Waals surface area (Å²) in [7, 11) is 0. The Hall–Kier alpha value is 0.646. The van der Waals surface area contributed by atoms with Crippen LogP contribution in [0.25, 0.3) is 0 Å². The minimum atomic E-state index is -6.37. The van der Waals surface area contributed by atoms with Crippen LogP contribution in [0, 0.1) is 0 Å². The second kappa shape index (κ2) is 4.66. The summed E-state index contributed by atoms with van der Waals surface area (Å²) < 4.78 is 68.8. The number of hydrogen-bond acceptors (Lipinski definition) is 3. The SMILES string of the molecule is O=C([O-])C(O)(C(F)(F)F)C(F)(F)F.[K+]. The first kappa shape index (κ1) is 17.1. The number of carbonyl (C=O) groups excluding carboxylic acids is 1. The fourth-order valence-corrected chi connectivity index (χ4v) is 0.392. The predicted octanol–water partition coefficient (Wildman–Crippen LogP) is -3.40. The number of aliphatic hydroxyl groups is 1. The molecule has 0 aliphatic carbocycles. The van der Waals surface area contributed by atoms with Gasteiger partial charge in [0.25, 0.3) is 5.60 Å². The Morgan fingerprint density at radius 2 is 1.21 bits per heavy atom. The number of rotatable bonds is 1. The van der Waals surface area contributed by atoms with Gasteiger partial charge in [-0.15, -0.1) is 0 Å². The first-order chi connectivity index (χ1) is 5.44. The van der Waals surface area contributed by atoms with Gasteiger partial charge in [-0.05, 0) is 0 Å². The molecule has 0 amide bonds. The van der Waals surface area contributed by atoms with Crippen LogP contribution in [-0.4, -0.2) is 29.0 Å². The largest absolute Gasteiger partial charge is 1.00 e. The molecule has 0 saturated heterocycles. The van der Waals surface area contributed by atoms with Crippen molar-refractivity contribution >= 4 is 5.97 Å². The van der Waals surface area contributed by atoms with Crippen LogP contribution in [0.2, 0.25) is 0 Å². The van der Waals surface area contributed by atoms with Crippen molar-refractivity contribution in [3.05, 3.63) is 0 Å². The van der Waals surface area contributed by atoms with Crippen molar-refractivity contribution in [2.45, 2.75) is 18.0 Å². The zero-order valence-corrected chi connectivity index (χ0v) is 9.65. The molecule has 0 heterocycles. The molecule has 0 rings (SSSR count). The first-order valence-corrected chi connectivity index (χ1v) is 2.52. The van der Waals surface area contributed by atoms with Crippen LogP contribution in [0.1, 0.15) is 0 Å². The van der Waals surface area contributed by atoms with Gasteiger partial charge in [-0.2, -0.15) is 26.3 Å². The molecule has 0 fully saturated rings. The van der Waals surface area contributed by atoms with Crippen LogP contribution >= 0.6 is 0 Å². The maximum Gasteiger partial charge on any atom is 1.00 e. The maximum absolute atomic E-state index is 11.5. The number of carbonyl (C=O) groups is 1. The van der Waals surface area contributed by atoms with E-state index in [1.807, 2.05) is 0 Å². The van der Waals surface area contributed by atoms with E-state index in [9.17, 15) is 36.2 Å². The van der Waals surface area contributed by atoms with E-state index in [1.54, 1.807) is 0 Å². The van der Waals surface area contributed by atoms with E-state index in [4.69, 9.17) is 5.11 Å². The zero-order chi connectivity index (χ0) is 11.1. The fourth-order valence-electron chi connectivity index (χ4n) is 0.392. The Bertz CT molecular complexity index is 206. The van der Waals surface area contributed by atoms with Gasteiger partial charge in [-0.1, -0.05) is 0 Å². The molecule has 3 nitrogen and oxygen atoms in total. The van der Waals surface area contributed by atoms with Gasteiger partial charge >= 0.3 is 63.7 Å². The molecular weight excluding hydrogens is 249 g/mol. The van der Waals surface area contributed by atoms with Crippen LogP contribution in [0.5, 0.6) is 0 Å². The summed E-state index contributed by atoms with van der Waals surface area (Å²) >= 11 is 0. The molecule has 0 radical (unpaired) electrons. The summed E-state index contributed by atoms with van der Waals surface area (Å²) in [6.45, 7) is 0. The molecule has 0 bridgehead atoms. The minimum absolute atomic E-state index is 0. The smallest absolute Gasteiger partial charge is 0.546 e. The van der Waals surface area contributed by atoms with Crippen LogP contribution in [-0.2, 0) is 4.79 Å². The number of alkyl halides is 6. The van der Waals surface area contributed by atoms with Gasteiger partial charge < -0.3 is 15.0 Å². The maximum atomic E-state index is 11.5. The van der Waals surface area contributed by atoms with E-state index in [1.165, 1.54) is 0 Å². The number of hydrogen-bond donors (Lipinski definition) is 1. The third kappa shape index (κ3) is 2.82. The monoisotopic (exact) mass is 250 g/mol. The third-order valence-corrected chi connectivity index (χ3v) is 1.12. The fraction of sp³-hybridized carbons (Fsp3) is 0.750.